The molecule has 0 saturated heterocycles. The number of nitrogens with zero attached hydrogens (tertiary/aromatic N) is 2. The van der Waals surface area contributed by atoms with Crippen LogP contribution in [0.25, 0.3) is 11.1 Å². The van der Waals surface area contributed by atoms with Crippen molar-refractivity contribution in [3.05, 3.63) is 47.0 Å². The number of nitrogens with two attached hydrogens (primary N) is 1. The summed E-state index contributed by atoms with van der Waals surface area (Å²) in [6.45, 7) is 4.66. The van der Waals surface area contributed by atoms with E-state index < -0.39 is 11.9 Å². The fraction of sp³-hybridized carbons (Fsp3) is 0.318. The van der Waals surface area contributed by atoms with Crippen LogP contribution in [0.15, 0.2) is 28.7 Å². The number of anilines is 1. The summed E-state index contributed by atoms with van der Waals surface area (Å²) in [6.07, 6.45) is 0.409. The fourth-order valence-corrected chi connectivity index (χ4v) is 2.97. The highest BCUT2D eigenvalue weighted by atomic mass is 16.6. The third-order valence-corrected chi connectivity index (χ3v) is 4.50. The molecule has 10 heteroatoms. The minimum atomic E-state index is -0.649. The summed E-state index contributed by atoms with van der Waals surface area (Å²) in [5, 5.41) is 0.254. The third kappa shape index (κ3) is 5.02. The summed E-state index contributed by atoms with van der Waals surface area (Å²) in [5.41, 5.74) is 6.83. The van der Waals surface area contributed by atoms with Gasteiger partial charge in [0.05, 0.1) is 12.0 Å². The van der Waals surface area contributed by atoms with Crippen molar-refractivity contribution in [3.63, 3.8) is 0 Å². The Balaban J connectivity index is 1.61. The quantitative estimate of drug-likeness (QED) is 0.388. The lowest BCUT2D eigenvalue weighted by Crippen LogP contribution is -2.16. The second kappa shape index (κ2) is 9.90. The average Bonchev–Trinajstić information content (AvgIpc) is 3.12. The Morgan fingerprint density at radius 3 is 2.44 bits per heavy atom. The van der Waals surface area contributed by atoms with Gasteiger partial charge in [0.1, 0.15) is 22.9 Å². The lowest BCUT2D eigenvalue weighted by atomic mass is 10.1. The SMILES string of the molecule is CCOC(=O)c1c(C)oc2nc(COC(=O)COc3ccc(C(=O)CC)cc3)nc(N)c12. The van der Waals surface area contributed by atoms with Gasteiger partial charge in [-0.05, 0) is 38.1 Å². The van der Waals surface area contributed by atoms with E-state index in [0.29, 0.717) is 23.5 Å². The zero-order valence-electron chi connectivity index (χ0n) is 18.0. The number of esters is 2. The van der Waals surface area contributed by atoms with E-state index in [9.17, 15) is 14.4 Å². The molecule has 0 atom stereocenters. The molecule has 0 amide bonds. The maximum Gasteiger partial charge on any atom is 0.344 e. The van der Waals surface area contributed by atoms with Crippen LogP contribution in [0, 0.1) is 6.92 Å². The molecular weight excluding hydrogens is 418 g/mol. The first kappa shape index (κ1) is 22.7. The summed E-state index contributed by atoms with van der Waals surface area (Å²) in [7, 11) is 0. The van der Waals surface area contributed by atoms with Crippen LogP contribution < -0.4 is 10.5 Å². The number of hydrogen-bond donors (Lipinski definition) is 1. The number of rotatable bonds is 9. The van der Waals surface area contributed by atoms with Gasteiger partial charge in [-0.15, -0.1) is 0 Å². The van der Waals surface area contributed by atoms with Gasteiger partial charge in [0.25, 0.3) is 0 Å². The molecule has 0 fully saturated rings. The summed E-state index contributed by atoms with van der Waals surface area (Å²) in [4.78, 5) is 44.1. The number of carbonyl (C=O) groups excluding carboxylic acids is 3. The molecule has 0 unspecified atom stereocenters. The number of Topliss-reactive ketones (excluding diaryl/α,β-unsaturated/α-hetero) is 1. The number of aryl methyl sites for hydroxylation is 1. The molecule has 2 aromatic heterocycles. The van der Waals surface area contributed by atoms with Gasteiger partial charge in [0, 0.05) is 12.0 Å². The number of hydrogen-bond acceptors (Lipinski definition) is 10. The largest absolute Gasteiger partial charge is 0.482 e. The molecule has 0 spiro atoms. The number of nitrogen functional groups attached to an aromatic ring is 1. The van der Waals surface area contributed by atoms with Crippen molar-refractivity contribution in [2.24, 2.45) is 0 Å². The maximum atomic E-state index is 12.2. The summed E-state index contributed by atoms with van der Waals surface area (Å²) in [6, 6.07) is 6.48. The average molecular weight is 441 g/mol. The highest BCUT2D eigenvalue weighted by molar-refractivity contribution is 6.07. The van der Waals surface area contributed by atoms with Crippen LogP contribution >= 0.6 is 0 Å². The summed E-state index contributed by atoms with van der Waals surface area (Å²) >= 11 is 0. The van der Waals surface area contributed by atoms with E-state index in [1.54, 1.807) is 45.0 Å². The molecule has 0 aliphatic rings. The standard InChI is InChI=1S/C22H23N3O7/c1-4-15(26)13-6-8-14(9-7-13)30-11-17(27)31-10-16-24-20(23)19-18(22(28)29-5-2)12(3)32-21(19)25-16/h6-9H,4-5,10-11H2,1-3H3,(H2,23,24,25). The van der Waals surface area contributed by atoms with Crippen LogP contribution in [-0.2, 0) is 20.9 Å². The molecule has 2 N–H and O–H groups in total. The van der Waals surface area contributed by atoms with Gasteiger partial charge < -0.3 is 24.4 Å². The zero-order chi connectivity index (χ0) is 23.3. The van der Waals surface area contributed by atoms with Gasteiger partial charge in [-0.2, -0.15) is 4.98 Å². The number of carbonyl (C=O) groups is 3. The van der Waals surface area contributed by atoms with E-state index in [4.69, 9.17) is 24.4 Å². The van der Waals surface area contributed by atoms with Crippen molar-refractivity contribution in [2.45, 2.75) is 33.8 Å². The zero-order valence-corrected chi connectivity index (χ0v) is 18.0. The van der Waals surface area contributed by atoms with Gasteiger partial charge >= 0.3 is 11.9 Å². The van der Waals surface area contributed by atoms with Crippen molar-refractivity contribution in [1.29, 1.82) is 0 Å². The first-order valence-electron chi connectivity index (χ1n) is 9.98. The number of ether oxygens (including phenoxy) is 3. The fourth-order valence-electron chi connectivity index (χ4n) is 2.97. The number of furan rings is 1. The van der Waals surface area contributed by atoms with Crippen molar-refractivity contribution in [1.82, 2.24) is 9.97 Å². The smallest absolute Gasteiger partial charge is 0.344 e. The number of aromatic nitrogens is 2. The van der Waals surface area contributed by atoms with Crippen LogP contribution in [0.1, 0.15) is 52.6 Å². The van der Waals surface area contributed by atoms with E-state index in [0.717, 1.165) is 0 Å². The minimum Gasteiger partial charge on any atom is -0.482 e. The molecular formula is C22H23N3O7. The predicted octanol–water partition coefficient (Wildman–Crippen LogP) is 3.01. The highest BCUT2D eigenvalue weighted by Crippen LogP contribution is 2.29. The van der Waals surface area contributed by atoms with E-state index in [1.165, 1.54) is 0 Å². The molecule has 3 rings (SSSR count). The number of fused-ring (bicyclic) bond motifs is 1. The normalized spacial score (nSPS) is 10.7. The van der Waals surface area contributed by atoms with Crippen LogP contribution in [0.2, 0.25) is 0 Å². The van der Waals surface area contributed by atoms with E-state index in [-0.39, 0.29) is 53.9 Å². The second-order valence-corrected chi connectivity index (χ2v) is 6.71. The monoisotopic (exact) mass is 441 g/mol. The van der Waals surface area contributed by atoms with Crippen molar-refractivity contribution < 1.29 is 33.0 Å². The van der Waals surface area contributed by atoms with E-state index in [2.05, 4.69) is 9.97 Å². The third-order valence-electron chi connectivity index (χ3n) is 4.50. The first-order chi connectivity index (χ1) is 15.3. The summed E-state index contributed by atoms with van der Waals surface area (Å²) < 4.78 is 21.0. The topological polar surface area (TPSA) is 144 Å². The lowest BCUT2D eigenvalue weighted by Gasteiger charge is -2.08. The van der Waals surface area contributed by atoms with Crippen LogP contribution in [0.3, 0.4) is 0 Å². The Labute approximate surface area is 183 Å². The predicted molar refractivity (Wildman–Crippen MR) is 113 cm³/mol. The molecule has 0 bridgehead atoms. The van der Waals surface area contributed by atoms with Crippen LogP contribution in [-0.4, -0.2) is 40.9 Å². The van der Waals surface area contributed by atoms with E-state index >= 15 is 0 Å². The van der Waals surface area contributed by atoms with Crippen LogP contribution in [0.5, 0.6) is 5.75 Å². The van der Waals surface area contributed by atoms with Gasteiger partial charge in [0.2, 0.25) is 5.71 Å². The van der Waals surface area contributed by atoms with Gasteiger partial charge in [-0.1, -0.05) is 6.92 Å². The molecule has 168 valence electrons. The van der Waals surface area contributed by atoms with E-state index in [1.807, 2.05) is 0 Å². The van der Waals surface area contributed by atoms with Crippen molar-refractivity contribution >= 4 is 34.6 Å². The Bertz CT molecular complexity index is 1150. The second-order valence-electron chi connectivity index (χ2n) is 6.71. The number of benzene rings is 1. The Morgan fingerprint density at radius 2 is 1.78 bits per heavy atom. The molecule has 0 aliphatic carbocycles. The molecule has 2 heterocycles. The van der Waals surface area contributed by atoms with Crippen molar-refractivity contribution in [2.75, 3.05) is 18.9 Å². The lowest BCUT2D eigenvalue weighted by molar-refractivity contribution is -0.147. The van der Waals surface area contributed by atoms with Crippen LogP contribution in [0.4, 0.5) is 5.82 Å². The molecule has 3 aromatic rings. The molecule has 0 radical (unpaired) electrons. The van der Waals surface area contributed by atoms with Gasteiger partial charge in [0.15, 0.2) is 24.8 Å². The Hall–Kier alpha value is -3.95. The first-order valence-corrected chi connectivity index (χ1v) is 9.98. The molecule has 0 aliphatic heterocycles. The van der Waals surface area contributed by atoms with Gasteiger partial charge in [-0.3, -0.25) is 4.79 Å². The highest BCUT2D eigenvalue weighted by Gasteiger charge is 2.24. The van der Waals surface area contributed by atoms with Gasteiger partial charge in [-0.25, -0.2) is 14.6 Å². The Morgan fingerprint density at radius 1 is 1.06 bits per heavy atom. The Kier molecular flexibility index (Phi) is 7.04. The molecule has 32 heavy (non-hydrogen) atoms. The molecule has 10 nitrogen and oxygen atoms in total. The maximum absolute atomic E-state index is 12.2. The summed E-state index contributed by atoms with van der Waals surface area (Å²) in [5.74, 6) is -0.365. The number of ketones is 1. The molecule has 1 aromatic carbocycles. The van der Waals surface area contributed by atoms with Crippen molar-refractivity contribution in [3.8, 4) is 5.75 Å². The molecule has 0 saturated carbocycles. The minimum absolute atomic E-state index is 0.0129.